The van der Waals surface area contributed by atoms with Crippen LogP contribution in [0, 0.1) is 40.4 Å². The number of fused-ring (bicyclic) bond motifs is 5. The van der Waals surface area contributed by atoms with Crippen LogP contribution in [0.2, 0.25) is 0 Å². The topological polar surface area (TPSA) is 55.8 Å². The molecule has 0 unspecified atom stereocenters. The van der Waals surface area contributed by atoms with Gasteiger partial charge < -0.3 is 14.6 Å². The molecule has 0 aliphatic heterocycles. The highest BCUT2D eigenvalue weighted by Crippen LogP contribution is 2.66. The second kappa shape index (κ2) is 7.67. The summed E-state index contributed by atoms with van der Waals surface area (Å²) < 4.78 is 11.8. The zero-order valence-corrected chi connectivity index (χ0v) is 18.3. The maximum atomic E-state index is 13.0. The van der Waals surface area contributed by atoms with Gasteiger partial charge in [0.2, 0.25) is 0 Å². The second-order valence-corrected chi connectivity index (χ2v) is 10.6. The van der Waals surface area contributed by atoms with Crippen LogP contribution in [-0.2, 0) is 14.3 Å². The number of aliphatic hydroxyl groups is 1. The zero-order valence-electron chi connectivity index (χ0n) is 18.3. The molecule has 0 bridgehead atoms. The normalized spacial score (nSPS) is 48.3. The van der Waals surface area contributed by atoms with Crippen molar-refractivity contribution in [1.29, 1.82) is 0 Å². The van der Waals surface area contributed by atoms with E-state index in [0.29, 0.717) is 49.1 Å². The molecule has 0 aromatic rings. The van der Waals surface area contributed by atoms with Gasteiger partial charge in [-0.25, -0.2) is 0 Å². The quantitative estimate of drug-likeness (QED) is 0.696. The number of carbonyl (C=O) groups excluding carboxylic acids is 1. The Hall–Kier alpha value is -0.450. The first-order chi connectivity index (χ1) is 13.3. The lowest BCUT2D eigenvalue weighted by Gasteiger charge is -2.61. The fourth-order valence-corrected chi connectivity index (χ4v) is 8.00. The molecule has 0 spiro atoms. The van der Waals surface area contributed by atoms with Crippen LogP contribution in [0.3, 0.4) is 0 Å². The Morgan fingerprint density at radius 2 is 1.68 bits per heavy atom. The third kappa shape index (κ3) is 3.09. The first-order valence-electron chi connectivity index (χ1n) is 11.8. The van der Waals surface area contributed by atoms with Crippen molar-refractivity contribution < 1.29 is 19.4 Å². The minimum atomic E-state index is -0.386. The minimum Gasteiger partial charge on any atom is -0.393 e. The summed E-state index contributed by atoms with van der Waals surface area (Å²) in [5.41, 5.74) is 0.316. The highest BCUT2D eigenvalue weighted by atomic mass is 16.7. The standard InChI is InChI=1S/C24H40O4/c1-5-27-22(28-6-2)17-14-24(4)15(13-20(17)25)7-8-16-18-9-10-21(26)23(18,3)12-11-19(16)24/h15-19,21-22,26H,5-14H2,1-4H3/t15-,16-,17+,18-,19-,21+,23-,24-/m0/s1. The van der Waals surface area contributed by atoms with E-state index in [4.69, 9.17) is 9.47 Å². The highest BCUT2D eigenvalue weighted by Gasteiger charge is 2.61. The Labute approximate surface area is 170 Å². The van der Waals surface area contributed by atoms with Crippen molar-refractivity contribution in [3.05, 3.63) is 0 Å². The smallest absolute Gasteiger partial charge is 0.167 e. The molecule has 0 aromatic carbocycles. The van der Waals surface area contributed by atoms with E-state index < -0.39 is 0 Å². The predicted molar refractivity (Wildman–Crippen MR) is 109 cm³/mol. The Morgan fingerprint density at radius 3 is 2.36 bits per heavy atom. The Kier molecular flexibility index (Phi) is 5.70. The van der Waals surface area contributed by atoms with Crippen LogP contribution in [0.15, 0.2) is 0 Å². The van der Waals surface area contributed by atoms with Crippen molar-refractivity contribution >= 4 is 5.78 Å². The molecule has 28 heavy (non-hydrogen) atoms. The van der Waals surface area contributed by atoms with E-state index in [0.717, 1.165) is 19.3 Å². The molecule has 160 valence electrons. The van der Waals surface area contributed by atoms with Crippen molar-refractivity contribution in [3.63, 3.8) is 0 Å². The van der Waals surface area contributed by atoms with E-state index in [9.17, 15) is 9.90 Å². The monoisotopic (exact) mass is 392 g/mol. The van der Waals surface area contributed by atoms with Crippen LogP contribution < -0.4 is 0 Å². The lowest BCUT2D eigenvalue weighted by molar-refractivity contribution is -0.200. The third-order valence-electron chi connectivity index (χ3n) is 9.53. The van der Waals surface area contributed by atoms with Gasteiger partial charge in [0.05, 0.1) is 12.0 Å². The SMILES string of the molecule is CCOC(OCC)[C@@H]1C[C@@]2(C)[C@@H](CC[C@@H]3[C@@H]2CC[C@]2(C)[C@H](O)CC[C@@H]32)CC1=O. The van der Waals surface area contributed by atoms with Crippen molar-refractivity contribution in [3.8, 4) is 0 Å². The second-order valence-electron chi connectivity index (χ2n) is 10.6. The number of carbonyl (C=O) groups is 1. The van der Waals surface area contributed by atoms with E-state index in [1.54, 1.807) is 0 Å². The summed E-state index contributed by atoms with van der Waals surface area (Å²) in [6.45, 7) is 9.93. The molecule has 1 N–H and O–H groups in total. The Bertz CT molecular complexity index is 585. The van der Waals surface area contributed by atoms with Gasteiger partial charge in [0.15, 0.2) is 6.29 Å². The average Bonchev–Trinajstić information content (AvgIpc) is 2.97. The van der Waals surface area contributed by atoms with Crippen molar-refractivity contribution in [2.45, 2.75) is 91.5 Å². The van der Waals surface area contributed by atoms with E-state index >= 15 is 0 Å². The van der Waals surface area contributed by atoms with Gasteiger partial charge >= 0.3 is 0 Å². The number of hydrogen-bond acceptors (Lipinski definition) is 4. The van der Waals surface area contributed by atoms with Crippen LogP contribution in [0.1, 0.15) is 79.1 Å². The van der Waals surface area contributed by atoms with E-state index in [-0.39, 0.29) is 29.1 Å². The minimum absolute atomic E-state index is 0.118. The van der Waals surface area contributed by atoms with Crippen LogP contribution in [0.5, 0.6) is 0 Å². The maximum absolute atomic E-state index is 13.0. The molecule has 4 nitrogen and oxygen atoms in total. The van der Waals surface area contributed by atoms with Gasteiger partial charge in [0.25, 0.3) is 0 Å². The summed E-state index contributed by atoms with van der Waals surface area (Å²) in [7, 11) is 0. The molecule has 4 heteroatoms. The van der Waals surface area contributed by atoms with Crippen molar-refractivity contribution in [2.24, 2.45) is 40.4 Å². The largest absolute Gasteiger partial charge is 0.393 e. The number of rotatable bonds is 5. The molecular weight excluding hydrogens is 352 g/mol. The van der Waals surface area contributed by atoms with E-state index in [1.807, 2.05) is 13.8 Å². The molecule has 4 aliphatic carbocycles. The van der Waals surface area contributed by atoms with E-state index in [2.05, 4.69) is 13.8 Å². The Balaban J connectivity index is 1.59. The van der Waals surface area contributed by atoms with Crippen molar-refractivity contribution in [2.75, 3.05) is 13.2 Å². The molecule has 4 saturated carbocycles. The zero-order chi connectivity index (χ0) is 20.1. The lowest BCUT2D eigenvalue weighted by atomic mass is 9.44. The molecule has 0 saturated heterocycles. The van der Waals surface area contributed by atoms with Gasteiger partial charge in [-0.05, 0) is 93.3 Å². The lowest BCUT2D eigenvalue weighted by Crippen LogP contribution is -2.56. The molecule has 4 aliphatic rings. The molecule has 0 aromatic heterocycles. The van der Waals surface area contributed by atoms with Gasteiger partial charge in [-0.2, -0.15) is 0 Å². The van der Waals surface area contributed by atoms with Crippen LogP contribution >= 0.6 is 0 Å². The molecule has 8 atom stereocenters. The van der Waals surface area contributed by atoms with Crippen LogP contribution in [0.25, 0.3) is 0 Å². The average molecular weight is 393 g/mol. The molecule has 0 heterocycles. The summed E-state index contributed by atoms with van der Waals surface area (Å²) in [4.78, 5) is 13.0. The number of ketones is 1. The van der Waals surface area contributed by atoms with Gasteiger partial charge in [-0.1, -0.05) is 13.8 Å². The van der Waals surface area contributed by atoms with Crippen molar-refractivity contribution in [1.82, 2.24) is 0 Å². The number of hydrogen-bond donors (Lipinski definition) is 1. The summed E-state index contributed by atoms with van der Waals surface area (Å²) in [6.07, 6.45) is 8.03. The molecule has 0 radical (unpaired) electrons. The number of aliphatic hydroxyl groups excluding tert-OH is 1. The molecule has 4 fully saturated rings. The first kappa shape index (κ1) is 20.8. The summed E-state index contributed by atoms with van der Waals surface area (Å²) in [5, 5.41) is 10.7. The summed E-state index contributed by atoms with van der Waals surface area (Å²) in [5.74, 6) is 2.78. The summed E-state index contributed by atoms with van der Waals surface area (Å²) in [6, 6.07) is 0. The first-order valence-corrected chi connectivity index (χ1v) is 11.8. The fraction of sp³-hybridized carbons (Fsp3) is 0.958. The predicted octanol–water partition coefficient (Wildman–Crippen LogP) is 4.58. The van der Waals surface area contributed by atoms with Gasteiger partial charge in [0.1, 0.15) is 5.78 Å². The van der Waals surface area contributed by atoms with Gasteiger partial charge in [-0.15, -0.1) is 0 Å². The van der Waals surface area contributed by atoms with Gasteiger partial charge in [0, 0.05) is 19.6 Å². The Morgan fingerprint density at radius 1 is 1.00 bits per heavy atom. The van der Waals surface area contributed by atoms with Gasteiger partial charge in [-0.3, -0.25) is 4.79 Å². The third-order valence-corrected chi connectivity index (χ3v) is 9.53. The molecule has 4 rings (SSSR count). The highest BCUT2D eigenvalue weighted by molar-refractivity contribution is 5.82. The van der Waals surface area contributed by atoms with E-state index in [1.165, 1.54) is 25.7 Å². The maximum Gasteiger partial charge on any atom is 0.167 e. The fourth-order valence-electron chi connectivity index (χ4n) is 8.00. The molecule has 0 amide bonds. The van der Waals surface area contributed by atoms with Crippen LogP contribution in [-0.4, -0.2) is 36.5 Å². The molecular formula is C24H40O4. The number of ether oxygens (including phenoxy) is 2. The van der Waals surface area contributed by atoms with Crippen LogP contribution in [0.4, 0.5) is 0 Å². The summed E-state index contributed by atoms with van der Waals surface area (Å²) >= 11 is 0. The number of Topliss-reactive ketones (excluding diaryl/α,β-unsaturated/α-hetero) is 1.